The van der Waals surface area contributed by atoms with Gasteiger partial charge in [0.25, 0.3) is 0 Å². The molecule has 0 radical (unpaired) electrons. The summed E-state index contributed by atoms with van der Waals surface area (Å²) in [6.45, 7) is 1.19. The first-order valence-corrected chi connectivity index (χ1v) is 21.0. The number of aromatic amines is 1. The number of hydrogen-bond acceptors (Lipinski definition) is 13. The molecule has 0 aliphatic carbocycles. The number of aromatic nitrogens is 2. The summed E-state index contributed by atoms with van der Waals surface area (Å²) in [4.78, 5) is 87.2. The Hall–Kier alpha value is -5.20. The predicted octanol–water partition coefficient (Wildman–Crippen LogP) is -3.67. The molecule has 59 heavy (non-hydrogen) atoms. The average Bonchev–Trinajstić information content (AvgIpc) is 3.70. The molecular formula is C35H66N16O7S. The van der Waals surface area contributed by atoms with E-state index in [4.69, 9.17) is 39.5 Å². The topological polar surface area (TPSA) is 413 Å². The predicted molar refractivity (Wildman–Crippen MR) is 225 cm³/mol. The Balaban J connectivity index is 3.33. The van der Waals surface area contributed by atoms with Crippen molar-refractivity contribution in [3.63, 3.8) is 0 Å². The first-order valence-electron chi connectivity index (χ1n) is 19.7. The van der Waals surface area contributed by atoms with E-state index in [0.29, 0.717) is 63.2 Å². The van der Waals surface area contributed by atoms with Gasteiger partial charge in [-0.25, -0.2) is 9.78 Å². The van der Waals surface area contributed by atoms with Crippen LogP contribution in [0.4, 0.5) is 0 Å². The minimum absolute atomic E-state index is 0.0621. The van der Waals surface area contributed by atoms with Gasteiger partial charge in [0.2, 0.25) is 29.5 Å². The summed E-state index contributed by atoms with van der Waals surface area (Å²) < 4.78 is 0. The quantitative estimate of drug-likeness (QED) is 0.0189. The van der Waals surface area contributed by atoms with Crippen LogP contribution < -0.4 is 65.9 Å². The standard InChI is InChI=1S/C35H66N16O7S/c1-59-17-12-25(31(55)50-26(33(57)58)10-3-5-14-37)49-29(53)23(9-2-4-13-36)48-32(56)27(18-21-19-43-20-46-21)51-30(54)24(11-7-16-45-35(41)42)47-28(52)22(38)8-6-15-44-34(39)40/h19-20,22-27H,2-18,36-38H2,1H3,(H,43,46)(H,47,52)(H,48,56)(H,49,53)(H,50,55)(H,51,54)(H,57,58)(H4,39,40,44)(H4,41,42,45)/t22-,23-,24-,25-,26-,27-/m0/s1. The zero-order chi connectivity index (χ0) is 44.2. The maximum absolute atomic E-state index is 14.1. The van der Waals surface area contributed by atoms with Crippen molar-refractivity contribution >= 4 is 59.2 Å². The zero-order valence-electron chi connectivity index (χ0n) is 33.8. The molecule has 1 aromatic rings. The number of rotatable bonds is 32. The Bertz CT molecular complexity index is 1470. The lowest BCUT2D eigenvalue weighted by Crippen LogP contribution is -2.59. The summed E-state index contributed by atoms with van der Waals surface area (Å²) in [6.07, 6.45) is 7.98. The molecule has 21 N–H and O–H groups in total. The summed E-state index contributed by atoms with van der Waals surface area (Å²) in [5, 5.41) is 42.9. The van der Waals surface area contributed by atoms with Crippen molar-refractivity contribution in [2.75, 3.05) is 38.2 Å². The summed E-state index contributed by atoms with van der Waals surface area (Å²) in [5.74, 6) is -4.81. The second kappa shape index (κ2) is 29.9. The molecule has 0 unspecified atom stereocenters. The number of carboxylic acid groups (broad SMARTS) is 1. The molecule has 0 bridgehead atoms. The Kier molecular flexibility index (Phi) is 26.3. The number of guanidine groups is 2. The molecule has 0 saturated heterocycles. The van der Waals surface area contributed by atoms with E-state index < -0.39 is 71.8 Å². The number of nitrogens with two attached hydrogens (primary N) is 5. The van der Waals surface area contributed by atoms with Gasteiger partial charge in [-0.2, -0.15) is 11.8 Å². The van der Waals surface area contributed by atoms with Crippen molar-refractivity contribution in [1.29, 1.82) is 10.8 Å². The molecule has 0 fully saturated rings. The second-order valence-corrected chi connectivity index (χ2v) is 14.8. The van der Waals surface area contributed by atoms with Gasteiger partial charge in [-0.1, -0.05) is 0 Å². The third-order valence-corrected chi connectivity index (χ3v) is 9.59. The lowest BCUT2D eigenvalue weighted by molar-refractivity contribution is -0.142. The minimum Gasteiger partial charge on any atom is -0.480 e. The monoisotopic (exact) mass is 855 g/mol. The van der Waals surface area contributed by atoms with Crippen LogP contribution in [-0.4, -0.2) is 137 Å². The van der Waals surface area contributed by atoms with E-state index in [1.54, 1.807) is 0 Å². The summed E-state index contributed by atoms with van der Waals surface area (Å²) >= 11 is 1.42. The largest absolute Gasteiger partial charge is 0.480 e. The number of amides is 5. The average molecular weight is 855 g/mol. The van der Waals surface area contributed by atoms with Crippen LogP contribution >= 0.6 is 11.8 Å². The molecule has 0 aliphatic heterocycles. The highest BCUT2D eigenvalue weighted by atomic mass is 32.2. The Morgan fingerprint density at radius 3 is 1.59 bits per heavy atom. The summed E-state index contributed by atoms with van der Waals surface area (Å²) in [7, 11) is 0. The van der Waals surface area contributed by atoms with Gasteiger partial charge in [-0.3, -0.25) is 34.8 Å². The fraction of sp³-hybridized carbons (Fsp3) is 0.686. The number of carbonyl (C=O) groups excluding carboxylic acids is 5. The maximum Gasteiger partial charge on any atom is 0.326 e. The smallest absolute Gasteiger partial charge is 0.326 e. The van der Waals surface area contributed by atoms with Gasteiger partial charge in [-0.05, 0) is 95.7 Å². The number of H-pyrrole nitrogens is 1. The number of nitrogens with zero attached hydrogens (tertiary/aromatic N) is 1. The fourth-order valence-electron chi connectivity index (χ4n) is 5.68. The van der Waals surface area contributed by atoms with Crippen LogP contribution in [0.1, 0.15) is 76.3 Å². The molecule has 24 heteroatoms. The van der Waals surface area contributed by atoms with Gasteiger partial charge < -0.3 is 76.0 Å². The van der Waals surface area contributed by atoms with E-state index in [2.05, 4.69) is 47.2 Å². The number of carboxylic acids is 1. The van der Waals surface area contributed by atoms with Crippen molar-refractivity contribution in [3.05, 3.63) is 18.2 Å². The van der Waals surface area contributed by atoms with Crippen LogP contribution in [0.2, 0.25) is 0 Å². The van der Waals surface area contributed by atoms with Crippen molar-refractivity contribution in [1.82, 2.24) is 47.2 Å². The van der Waals surface area contributed by atoms with Crippen LogP contribution in [-0.2, 0) is 35.2 Å². The van der Waals surface area contributed by atoms with Crippen molar-refractivity contribution in [2.24, 2.45) is 28.7 Å². The number of hydrogen-bond donors (Lipinski definition) is 16. The molecule has 0 aromatic carbocycles. The van der Waals surface area contributed by atoms with E-state index >= 15 is 0 Å². The van der Waals surface area contributed by atoms with Crippen LogP contribution in [0.3, 0.4) is 0 Å². The van der Waals surface area contributed by atoms with Gasteiger partial charge in [0.1, 0.15) is 30.2 Å². The minimum atomic E-state index is -1.31. The third kappa shape index (κ3) is 22.5. The molecule has 1 heterocycles. The molecule has 1 aromatic heterocycles. The first kappa shape index (κ1) is 51.8. The number of nitrogens with one attached hydrogen (secondary N) is 10. The highest BCUT2D eigenvalue weighted by Crippen LogP contribution is 2.10. The molecule has 334 valence electrons. The lowest BCUT2D eigenvalue weighted by Gasteiger charge is -2.27. The Morgan fingerprint density at radius 1 is 0.678 bits per heavy atom. The van der Waals surface area contributed by atoms with Crippen LogP contribution in [0, 0.1) is 10.8 Å². The van der Waals surface area contributed by atoms with Crippen LogP contribution in [0.25, 0.3) is 0 Å². The summed E-state index contributed by atoms with van der Waals surface area (Å²) in [5.41, 5.74) is 28.4. The third-order valence-electron chi connectivity index (χ3n) is 8.95. The van der Waals surface area contributed by atoms with Gasteiger partial charge in [0, 0.05) is 25.7 Å². The molecular weight excluding hydrogens is 789 g/mol. The van der Waals surface area contributed by atoms with Crippen LogP contribution in [0.5, 0.6) is 0 Å². The number of unbranched alkanes of at least 4 members (excludes halogenated alkanes) is 2. The maximum atomic E-state index is 14.1. The highest BCUT2D eigenvalue weighted by molar-refractivity contribution is 7.98. The normalized spacial score (nSPS) is 14.0. The molecule has 5 amide bonds. The highest BCUT2D eigenvalue weighted by Gasteiger charge is 2.33. The number of aliphatic carboxylic acids is 1. The van der Waals surface area contributed by atoms with Crippen LogP contribution in [0.15, 0.2) is 12.5 Å². The molecule has 6 atom stereocenters. The van der Waals surface area contributed by atoms with Gasteiger partial charge in [0.05, 0.1) is 18.1 Å². The Morgan fingerprint density at radius 2 is 1.12 bits per heavy atom. The van der Waals surface area contributed by atoms with E-state index in [1.807, 2.05) is 6.26 Å². The van der Waals surface area contributed by atoms with Crippen molar-refractivity contribution < 1.29 is 33.9 Å². The fourth-order valence-corrected chi connectivity index (χ4v) is 6.15. The molecule has 1 rings (SSSR count). The van der Waals surface area contributed by atoms with E-state index in [1.165, 1.54) is 24.3 Å². The van der Waals surface area contributed by atoms with E-state index in [-0.39, 0.29) is 63.4 Å². The summed E-state index contributed by atoms with van der Waals surface area (Å²) in [6, 6.07) is -7.02. The number of carbonyl (C=O) groups is 6. The molecule has 23 nitrogen and oxygen atoms in total. The van der Waals surface area contributed by atoms with Gasteiger partial charge in [0.15, 0.2) is 11.9 Å². The lowest BCUT2D eigenvalue weighted by atomic mass is 10.0. The van der Waals surface area contributed by atoms with E-state index in [9.17, 15) is 33.9 Å². The zero-order valence-corrected chi connectivity index (χ0v) is 34.6. The van der Waals surface area contributed by atoms with Crippen molar-refractivity contribution in [3.8, 4) is 0 Å². The molecule has 0 saturated carbocycles. The molecule has 0 aliphatic rings. The first-order chi connectivity index (χ1) is 28.1. The van der Waals surface area contributed by atoms with Crippen molar-refractivity contribution in [2.45, 2.75) is 113 Å². The molecule has 0 spiro atoms. The van der Waals surface area contributed by atoms with Gasteiger partial charge in [-0.15, -0.1) is 0 Å². The number of imidazole rings is 1. The Labute approximate surface area is 348 Å². The van der Waals surface area contributed by atoms with E-state index in [0.717, 1.165) is 0 Å². The number of thioether (sulfide) groups is 1. The van der Waals surface area contributed by atoms with Gasteiger partial charge >= 0.3 is 5.97 Å². The SMILES string of the molecule is CSCC[C@H](NC(=O)[C@H](CCCCN)NC(=O)[C@H](Cc1c[nH]cn1)NC(=O)[C@H](CCCNC(=N)N)NC(=O)[C@@H](N)CCCNC(=N)N)C(=O)N[C@@H](CCCCN)C(=O)O. The second-order valence-electron chi connectivity index (χ2n) is 13.8.